The maximum absolute atomic E-state index is 5.85. The highest BCUT2D eigenvalue weighted by molar-refractivity contribution is 9.10. The van der Waals surface area contributed by atoms with Crippen LogP contribution in [-0.4, -0.2) is 25.8 Å². The van der Waals surface area contributed by atoms with Crippen LogP contribution in [0.25, 0.3) is 5.95 Å². The monoisotopic (exact) mass is 328 g/mol. The molecule has 0 radical (unpaired) electrons. The van der Waals surface area contributed by atoms with E-state index in [1.54, 1.807) is 6.20 Å². The van der Waals surface area contributed by atoms with E-state index in [0.29, 0.717) is 33.1 Å². The van der Waals surface area contributed by atoms with Gasteiger partial charge >= 0.3 is 0 Å². The first-order valence-electron chi connectivity index (χ1n) is 5.43. The van der Waals surface area contributed by atoms with Crippen molar-refractivity contribution in [1.29, 1.82) is 0 Å². The Balaban J connectivity index is 2.01. The minimum Gasteiger partial charge on any atom is -0.383 e. The summed E-state index contributed by atoms with van der Waals surface area (Å²) in [5.41, 5.74) is 5.85. The SMILES string of the molecule is Nc1nc(-n2cc(Cl)cn2)nc(NC2CC2)c1Br. The summed E-state index contributed by atoms with van der Waals surface area (Å²) in [6.45, 7) is 0. The van der Waals surface area contributed by atoms with Gasteiger partial charge in [0, 0.05) is 6.04 Å². The van der Waals surface area contributed by atoms with Gasteiger partial charge in [0.2, 0.25) is 0 Å². The van der Waals surface area contributed by atoms with E-state index in [9.17, 15) is 0 Å². The predicted octanol–water partition coefficient (Wildman–Crippen LogP) is 2.23. The van der Waals surface area contributed by atoms with Crippen molar-refractivity contribution in [2.75, 3.05) is 11.1 Å². The summed E-state index contributed by atoms with van der Waals surface area (Å²) in [5, 5.41) is 7.87. The average Bonchev–Trinajstić information content (AvgIpc) is 3.04. The van der Waals surface area contributed by atoms with Gasteiger partial charge in [-0.05, 0) is 28.8 Å². The van der Waals surface area contributed by atoms with Crippen LogP contribution in [0.3, 0.4) is 0 Å². The molecule has 0 aliphatic heterocycles. The molecule has 2 aromatic rings. The van der Waals surface area contributed by atoms with Crippen LogP contribution in [0.2, 0.25) is 5.02 Å². The third-order valence-corrected chi connectivity index (χ3v) is 3.52. The lowest BCUT2D eigenvalue weighted by molar-refractivity contribution is 0.808. The molecular formula is C10H10BrClN6. The van der Waals surface area contributed by atoms with Gasteiger partial charge in [0.15, 0.2) is 0 Å². The highest BCUT2D eigenvalue weighted by atomic mass is 79.9. The lowest BCUT2D eigenvalue weighted by atomic mass is 10.5. The third-order valence-electron chi connectivity index (χ3n) is 2.54. The molecule has 3 rings (SSSR count). The van der Waals surface area contributed by atoms with Crippen LogP contribution in [0.5, 0.6) is 0 Å². The zero-order chi connectivity index (χ0) is 12.7. The second-order valence-electron chi connectivity index (χ2n) is 4.09. The summed E-state index contributed by atoms with van der Waals surface area (Å²) in [7, 11) is 0. The zero-order valence-corrected chi connectivity index (χ0v) is 11.6. The topological polar surface area (TPSA) is 81.7 Å². The van der Waals surface area contributed by atoms with E-state index in [-0.39, 0.29) is 0 Å². The van der Waals surface area contributed by atoms with Gasteiger partial charge in [0.05, 0.1) is 17.4 Å². The molecule has 18 heavy (non-hydrogen) atoms. The van der Waals surface area contributed by atoms with E-state index in [0.717, 1.165) is 12.8 Å². The van der Waals surface area contributed by atoms with Crippen molar-refractivity contribution in [2.45, 2.75) is 18.9 Å². The molecule has 2 heterocycles. The first-order valence-corrected chi connectivity index (χ1v) is 6.60. The summed E-state index contributed by atoms with van der Waals surface area (Å²) < 4.78 is 2.17. The van der Waals surface area contributed by atoms with Crippen LogP contribution in [0.4, 0.5) is 11.6 Å². The minimum atomic E-state index is 0.370. The van der Waals surface area contributed by atoms with E-state index in [4.69, 9.17) is 17.3 Å². The molecule has 1 aliphatic rings. The largest absolute Gasteiger partial charge is 0.383 e. The van der Waals surface area contributed by atoms with Gasteiger partial charge in [-0.1, -0.05) is 11.6 Å². The molecule has 0 bridgehead atoms. The van der Waals surface area contributed by atoms with E-state index in [2.05, 4.69) is 36.3 Å². The molecule has 2 aromatic heterocycles. The van der Waals surface area contributed by atoms with Crippen molar-refractivity contribution >= 4 is 39.2 Å². The maximum atomic E-state index is 5.85. The molecule has 1 saturated carbocycles. The Morgan fingerprint density at radius 2 is 2.22 bits per heavy atom. The fraction of sp³-hybridized carbons (Fsp3) is 0.300. The predicted molar refractivity (Wildman–Crippen MR) is 72.9 cm³/mol. The summed E-state index contributed by atoms with van der Waals surface area (Å²) >= 11 is 9.20. The van der Waals surface area contributed by atoms with Crippen LogP contribution in [0, 0.1) is 0 Å². The van der Waals surface area contributed by atoms with Crippen molar-refractivity contribution < 1.29 is 0 Å². The maximum Gasteiger partial charge on any atom is 0.254 e. The van der Waals surface area contributed by atoms with Gasteiger partial charge in [0.25, 0.3) is 5.95 Å². The first kappa shape index (κ1) is 11.7. The van der Waals surface area contributed by atoms with Crippen molar-refractivity contribution in [1.82, 2.24) is 19.7 Å². The van der Waals surface area contributed by atoms with Crippen molar-refractivity contribution in [3.63, 3.8) is 0 Å². The highest BCUT2D eigenvalue weighted by Crippen LogP contribution is 2.31. The quantitative estimate of drug-likeness (QED) is 0.902. The van der Waals surface area contributed by atoms with Crippen LogP contribution in [0.1, 0.15) is 12.8 Å². The number of hydrogen-bond acceptors (Lipinski definition) is 5. The number of nitrogen functional groups attached to an aromatic ring is 1. The number of nitrogens with one attached hydrogen (secondary N) is 1. The molecule has 0 aromatic carbocycles. The number of halogens is 2. The van der Waals surface area contributed by atoms with Crippen molar-refractivity contribution in [3.8, 4) is 5.95 Å². The second kappa shape index (κ2) is 4.40. The molecule has 1 fully saturated rings. The fourth-order valence-corrected chi connectivity index (χ4v) is 1.91. The molecule has 6 nitrogen and oxygen atoms in total. The van der Waals surface area contributed by atoms with Gasteiger partial charge in [0.1, 0.15) is 16.1 Å². The lowest BCUT2D eigenvalue weighted by Gasteiger charge is -2.09. The zero-order valence-electron chi connectivity index (χ0n) is 9.27. The number of nitrogens with two attached hydrogens (primary N) is 1. The van der Waals surface area contributed by atoms with E-state index in [1.165, 1.54) is 10.9 Å². The highest BCUT2D eigenvalue weighted by Gasteiger charge is 2.23. The fourth-order valence-electron chi connectivity index (χ4n) is 1.48. The standard InChI is InChI=1S/C10H10BrClN6/c11-7-8(13)16-10(18-4-5(12)3-14-18)17-9(7)15-6-1-2-6/h3-4,6H,1-2H2,(H3,13,15,16,17). The number of nitrogens with zero attached hydrogens (tertiary/aromatic N) is 4. The van der Waals surface area contributed by atoms with Crippen LogP contribution < -0.4 is 11.1 Å². The Labute approximate surface area is 117 Å². The molecule has 0 spiro atoms. The molecular weight excluding hydrogens is 320 g/mol. The van der Waals surface area contributed by atoms with Gasteiger partial charge in [-0.2, -0.15) is 15.1 Å². The molecule has 0 atom stereocenters. The Hall–Kier alpha value is -1.34. The molecule has 94 valence electrons. The molecule has 0 saturated heterocycles. The minimum absolute atomic E-state index is 0.370. The Morgan fingerprint density at radius 3 is 2.83 bits per heavy atom. The summed E-state index contributed by atoms with van der Waals surface area (Å²) in [6.07, 6.45) is 5.46. The summed E-state index contributed by atoms with van der Waals surface area (Å²) in [5.74, 6) is 1.45. The number of anilines is 2. The van der Waals surface area contributed by atoms with Crippen molar-refractivity contribution in [2.24, 2.45) is 0 Å². The van der Waals surface area contributed by atoms with Crippen LogP contribution >= 0.6 is 27.5 Å². The van der Waals surface area contributed by atoms with Crippen molar-refractivity contribution in [3.05, 3.63) is 21.9 Å². The van der Waals surface area contributed by atoms with E-state index in [1.807, 2.05) is 0 Å². The average molecular weight is 330 g/mol. The number of rotatable bonds is 3. The summed E-state index contributed by atoms with van der Waals surface area (Å²) in [4.78, 5) is 8.56. The van der Waals surface area contributed by atoms with Gasteiger partial charge < -0.3 is 11.1 Å². The second-order valence-corrected chi connectivity index (χ2v) is 5.32. The Bertz CT molecular complexity index is 594. The molecule has 1 aliphatic carbocycles. The Kier molecular flexibility index (Phi) is 2.87. The van der Waals surface area contributed by atoms with Gasteiger partial charge in [-0.3, -0.25) is 0 Å². The molecule has 8 heteroatoms. The Morgan fingerprint density at radius 1 is 1.44 bits per heavy atom. The lowest BCUT2D eigenvalue weighted by Crippen LogP contribution is -2.11. The smallest absolute Gasteiger partial charge is 0.254 e. The molecule has 0 unspecified atom stereocenters. The van der Waals surface area contributed by atoms with E-state index >= 15 is 0 Å². The normalized spacial score (nSPS) is 14.8. The van der Waals surface area contributed by atoms with Crippen LogP contribution in [0.15, 0.2) is 16.9 Å². The van der Waals surface area contributed by atoms with E-state index < -0.39 is 0 Å². The number of aromatic nitrogens is 4. The number of hydrogen-bond donors (Lipinski definition) is 2. The van der Waals surface area contributed by atoms with Gasteiger partial charge in [-0.15, -0.1) is 0 Å². The van der Waals surface area contributed by atoms with Crippen LogP contribution in [-0.2, 0) is 0 Å². The molecule has 3 N–H and O–H groups in total. The van der Waals surface area contributed by atoms with Gasteiger partial charge in [-0.25, -0.2) is 4.68 Å². The molecule has 0 amide bonds. The first-order chi connectivity index (χ1) is 8.63. The third kappa shape index (κ3) is 2.28. The summed E-state index contributed by atoms with van der Waals surface area (Å²) in [6, 6.07) is 0.477.